The van der Waals surface area contributed by atoms with Gasteiger partial charge in [-0.2, -0.15) is 0 Å². The van der Waals surface area contributed by atoms with Gasteiger partial charge in [-0.15, -0.1) is 11.3 Å². The van der Waals surface area contributed by atoms with E-state index in [9.17, 15) is 4.79 Å². The highest BCUT2D eigenvalue weighted by Crippen LogP contribution is 2.28. The molecule has 0 radical (unpaired) electrons. The molecule has 5 nitrogen and oxygen atoms in total. The lowest BCUT2D eigenvalue weighted by molar-refractivity contribution is 0.0952. The van der Waals surface area contributed by atoms with Crippen LogP contribution in [0.15, 0.2) is 24.3 Å². The summed E-state index contributed by atoms with van der Waals surface area (Å²) < 4.78 is 10.4. The number of benzene rings is 1. The van der Waals surface area contributed by atoms with Crippen LogP contribution in [0.2, 0.25) is 0 Å². The molecule has 2 aromatic rings. The quantitative estimate of drug-likeness (QED) is 0.890. The van der Waals surface area contributed by atoms with Crippen LogP contribution < -0.4 is 20.5 Å². The monoisotopic (exact) mass is 306 g/mol. The fraction of sp³-hybridized carbons (Fsp3) is 0.267. The summed E-state index contributed by atoms with van der Waals surface area (Å²) in [4.78, 5) is 13.1. The van der Waals surface area contributed by atoms with Crippen LogP contribution in [0.4, 0.5) is 5.00 Å². The molecule has 0 atom stereocenters. The molecule has 0 aliphatic carbocycles. The summed E-state index contributed by atoms with van der Waals surface area (Å²) in [5.41, 5.74) is 7.26. The zero-order valence-corrected chi connectivity index (χ0v) is 13.0. The number of hydrogen-bond donors (Lipinski definition) is 2. The number of anilines is 1. The largest absolute Gasteiger partial charge is 0.493 e. The van der Waals surface area contributed by atoms with Crippen molar-refractivity contribution < 1.29 is 14.3 Å². The number of amides is 1. The molecule has 21 heavy (non-hydrogen) atoms. The molecular weight excluding hydrogens is 288 g/mol. The Morgan fingerprint density at radius 1 is 1.24 bits per heavy atom. The minimum absolute atomic E-state index is 0.174. The smallest absolute Gasteiger partial charge is 0.254 e. The molecule has 0 unspecified atom stereocenters. The van der Waals surface area contributed by atoms with Crippen molar-refractivity contribution in [2.45, 2.75) is 13.5 Å². The van der Waals surface area contributed by atoms with Crippen molar-refractivity contribution >= 4 is 22.2 Å². The Morgan fingerprint density at radius 3 is 2.52 bits per heavy atom. The third-order valence-electron chi connectivity index (χ3n) is 3.03. The van der Waals surface area contributed by atoms with Crippen molar-refractivity contribution in [1.82, 2.24) is 5.32 Å². The molecule has 0 saturated carbocycles. The summed E-state index contributed by atoms with van der Waals surface area (Å²) in [6.45, 7) is 2.32. The molecule has 0 spiro atoms. The lowest BCUT2D eigenvalue weighted by Crippen LogP contribution is -2.23. The second-order valence-electron chi connectivity index (χ2n) is 4.51. The minimum Gasteiger partial charge on any atom is -0.493 e. The predicted octanol–water partition coefficient (Wildman–Crippen LogP) is 2.59. The number of aryl methyl sites for hydroxylation is 1. The molecule has 1 aromatic carbocycles. The standard InChI is InChI=1S/C15H18N2O3S/c1-9-6-11(14(16)21-9)15(18)17-8-10-4-5-12(19-2)13(7-10)20-3/h4-7H,8,16H2,1-3H3,(H,17,18). The van der Waals surface area contributed by atoms with Gasteiger partial charge in [-0.3, -0.25) is 4.79 Å². The van der Waals surface area contributed by atoms with Crippen LogP contribution in [0.25, 0.3) is 0 Å². The number of ether oxygens (including phenoxy) is 2. The van der Waals surface area contributed by atoms with Crippen LogP contribution in [0.1, 0.15) is 20.8 Å². The van der Waals surface area contributed by atoms with Gasteiger partial charge in [-0.25, -0.2) is 0 Å². The Balaban J connectivity index is 2.06. The molecule has 2 rings (SSSR count). The van der Waals surface area contributed by atoms with Crippen molar-refractivity contribution in [3.05, 3.63) is 40.3 Å². The Morgan fingerprint density at radius 2 is 1.95 bits per heavy atom. The van der Waals surface area contributed by atoms with Gasteiger partial charge in [0.25, 0.3) is 5.91 Å². The maximum absolute atomic E-state index is 12.1. The first kappa shape index (κ1) is 15.2. The third-order valence-corrected chi connectivity index (χ3v) is 3.91. The molecule has 3 N–H and O–H groups in total. The Hall–Kier alpha value is -2.21. The van der Waals surface area contributed by atoms with Crippen LogP contribution in [0, 0.1) is 6.92 Å². The predicted molar refractivity (Wildman–Crippen MR) is 84.2 cm³/mol. The number of methoxy groups -OCH3 is 2. The van der Waals surface area contributed by atoms with Gasteiger partial charge in [0.05, 0.1) is 24.8 Å². The first-order chi connectivity index (χ1) is 10.0. The lowest BCUT2D eigenvalue weighted by atomic mass is 10.2. The number of nitrogens with two attached hydrogens (primary N) is 1. The van der Waals surface area contributed by atoms with Gasteiger partial charge in [0, 0.05) is 11.4 Å². The average Bonchev–Trinajstić information content (AvgIpc) is 2.83. The second-order valence-corrected chi connectivity index (χ2v) is 5.79. The molecule has 112 valence electrons. The summed E-state index contributed by atoms with van der Waals surface area (Å²) >= 11 is 1.41. The second kappa shape index (κ2) is 6.49. The number of carbonyl (C=O) groups is 1. The summed E-state index contributed by atoms with van der Waals surface area (Å²) in [7, 11) is 3.16. The van der Waals surface area contributed by atoms with Gasteiger partial charge in [-0.1, -0.05) is 6.07 Å². The Kier molecular flexibility index (Phi) is 4.70. The van der Waals surface area contributed by atoms with Crippen LogP contribution in [-0.2, 0) is 6.54 Å². The van der Waals surface area contributed by atoms with E-state index >= 15 is 0 Å². The Bertz CT molecular complexity index is 652. The van der Waals surface area contributed by atoms with Crippen molar-refractivity contribution in [2.24, 2.45) is 0 Å². The molecule has 0 fully saturated rings. The molecule has 1 heterocycles. The molecule has 1 aromatic heterocycles. The fourth-order valence-electron chi connectivity index (χ4n) is 1.98. The van der Waals surface area contributed by atoms with Gasteiger partial charge in [0.1, 0.15) is 0 Å². The third kappa shape index (κ3) is 3.46. The normalized spacial score (nSPS) is 10.2. The zero-order valence-electron chi connectivity index (χ0n) is 12.2. The van der Waals surface area contributed by atoms with Gasteiger partial charge in [0.2, 0.25) is 0 Å². The van der Waals surface area contributed by atoms with Crippen molar-refractivity contribution in [3.63, 3.8) is 0 Å². The molecule has 1 amide bonds. The SMILES string of the molecule is COc1ccc(CNC(=O)c2cc(C)sc2N)cc1OC. The summed E-state index contributed by atoms with van der Waals surface area (Å²) in [6.07, 6.45) is 0. The zero-order chi connectivity index (χ0) is 15.4. The van der Waals surface area contributed by atoms with E-state index in [1.165, 1.54) is 11.3 Å². The summed E-state index contributed by atoms with van der Waals surface area (Å²) in [5, 5.41) is 3.39. The van der Waals surface area contributed by atoms with E-state index < -0.39 is 0 Å². The number of rotatable bonds is 5. The van der Waals surface area contributed by atoms with Gasteiger partial charge >= 0.3 is 0 Å². The van der Waals surface area contributed by atoms with E-state index in [0.29, 0.717) is 28.6 Å². The van der Waals surface area contributed by atoms with Crippen molar-refractivity contribution in [3.8, 4) is 11.5 Å². The first-order valence-electron chi connectivity index (χ1n) is 6.40. The lowest BCUT2D eigenvalue weighted by Gasteiger charge is -2.10. The van der Waals surface area contributed by atoms with E-state index in [-0.39, 0.29) is 5.91 Å². The summed E-state index contributed by atoms with van der Waals surface area (Å²) in [6, 6.07) is 7.32. The highest BCUT2D eigenvalue weighted by molar-refractivity contribution is 7.16. The van der Waals surface area contributed by atoms with E-state index in [1.54, 1.807) is 20.3 Å². The highest BCUT2D eigenvalue weighted by Gasteiger charge is 2.12. The van der Waals surface area contributed by atoms with Crippen LogP contribution in [0.3, 0.4) is 0 Å². The molecule has 0 aliphatic heterocycles. The van der Waals surface area contributed by atoms with E-state index in [0.717, 1.165) is 10.4 Å². The number of hydrogen-bond acceptors (Lipinski definition) is 5. The number of nitrogen functional groups attached to an aromatic ring is 1. The van der Waals surface area contributed by atoms with Crippen LogP contribution >= 0.6 is 11.3 Å². The van der Waals surface area contributed by atoms with Gasteiger partial charge < -0.3 is 20.5 Å². The highest BCUT2D eigenvalue weighted by atomic mass is 32.1. The molecule has 0 aliphatic rings. The number of nitrogens with one attached hydrogen (secondary N) is 1. The van der Waals surface area contributed by atoms with Crippen molar-refractivity contribution in [2.75, 3.05) is 20.0 Å². The van der Waals surface area contributed by atoms with Gasteiger partial charge in [-0.05, 0) is 30.7 Å². The van der Waals surface area contributed by atoms with Crippen LogP contribution in [-0.4, -0.2) is 20.1 Å². The molecular formula is C15H18N2O3S. The molecule has 0 saturated heterocycles. The van der Waals surface area contributed by atoms with Gasteiger partial charge in [0.15, 0.2) is 11.5 Å². The number of thiophene rings is 1. The molecule has 6 heteroatoms. The molecule has 0 bridgehead atoms. The minimum atomic E-state index is -0.174. The topological polar surface area (TPSA) is 73.6 Å². The van der Waals surface area contributed by atoms with E-state index in [1.807, 2.05) is 25.1 Å². The van der Waals surface area contributed by atoms with Crippen LogP contribution in [0.5, 0.6) is 11.5 Å². The number of carbonyl (C=O) groups excluding carboxylic acids is 1. The first-order valence-corrected chi connectivity index (χ1v) is 7.21. The fourth-order valence-corrected chi connectivity index (χ4v) is 2.76. The maximum atomic E-state index is 12.1. The van der Waals surface area contributed by atoms with E-state index in [4.69, 9.17) is 15.2 Å². The Labute approximate surface area is 127 Å². The van der Waals surface area contributed by atoms with E-state index in [2.05, 4.69) is 5.32 Å². The average molecular weight is 306 g/mol. The maximum Gasteiger partial charge on any atom is 0.254 e. The summed E-state index contributed by atoms with van der Waals surface area (Å²) in [5.74, 6) is 1.12. The van der Waals surface area contributed by atoms with Crippen molar-refractivity contribution in [1.29, 1.82) is 0 Å².